The minimum atomic E-state index is 0.717. The van der Waals surface area contributed by atoms with Crippen LogP contribution in [0.3, 0.4) is 0 Å². The van der Waals surface area contributed by atoms with Gasteiger partial charge in [0.25, 0.3) is 0 Å². The van der Waals surface area contributed by atoms with Gasteiger partial charge in [-0.25, -0.2) is 9.97 Å². The summed E-state index contributed by atoms with van der Waals surface area (Å²) in [7, 11) is 0. The zero-order valence-corrected chi connectivity index (χ0v) is 14.5. The van der Waals surface area contributed by atoms with Crippen molar-refractivity contribution in [3.05, 3.63) is 84.0 Å². The maximum Gasteiger partial charge on any atom is 0.160 e. The highest BCUT2D eigenvalue weighted by Crippen LogP contribution is 2.29. The summed E-state index contributed by atoms with van der Waals surface area (Å²) in [4.78, 5) is 12.9. The molecular formula is C22H14ClN3. The van der Waals surface area contributed by atoms with E-state index in [2.05, 4.69) is 29.2 Å². The van der Waals surface area contributed by atoms with E-state index in [1.807, 2.05) is 54.7 Å². The van der Waals surface area contributed by atoms with Gasteiger partial charge in [-0.05, 0) is 42.5 Å². The van der Waals surface area contributed by atoms with Crippen LogP contribution in [0.25, 0.3) is 44.5 Å². The van der Waals surface area contributed by atoms with Crippen LogP contribution in [0, 0.1) is 0 Å². The Bertz CT molecular complexity index is 1240. The second-order valence-electron chi connectivity index (χ2n) is 6.19. The van der Waals surface area contributed by atoms with Gasteiger partial charge in [0.1, 0.15) is 0 Å². The maximum absolute atomic E-state index is 5.98. The molecule has 0 saturated heterocycles. The lowest BCUT2D eigenvalue weighted by molar-refractivity contribution is 1.29. The molecule has 124 valence electrons. The lowest BCUT2D eigenvalue weighted by atomic mass is 10.1. The predicted octanol–water partition coefficient (Wildman–Crippen LogP) is 6.10. The second kappa shape index (κ2) is 5.97. The molecule has 0 amide bonds. The Hall–Kier alpha value is -3.17. The lowest BCUT2D eigenvalue weighted by Gasteiger charge is -2.05. The molecule has 0 saturated carbocycles. The van der Waals surface area contributed by atoms with Crippen molar-refractivity contribution in [2.75, 3.05) is 0 Å². The normalized spacial score (nSPS) is 11.3. The molecule has 3 heterocycles. The summed E-state index contributed by atoms with van der Waals surface area (Å²) >= 11 is 5.98. The van der Waals surface area contributed by atoms with Gasteiger partial charge in [0.05, 0.1) is 11.4 Å². The fourth-order valence-corrected chi connectivity index (χ4v) is 3.34. The van der Waals surface area contributed by atoms with Crippen LogP contribution in [0.15, 0.2) is 79.0 Å². The summed E-state index contributed by atoms with van der Waals surface area (Å²) < 4.78 is 0. The molecule has 0 bridgehead atoms. The van der Waals surface area contributed by atoms with E-state index in [0.717, 1.165) is 44.5 Å². The summed E-state index contributed by atoms with van der Waals surface area (Å²) in [5, 5.41) is 2.90. The molecule has 3 nitrogen and oxygen atoms in total. The van der Waals surface area contributed by atoms with E-state index in [9.17, 15) is 0 Å². The third-order valence-corrected chi connectivity index (χ3v) is 4.81. The Balaban J connectivity index is 1.65. The summed E-state index contributed by atoms with van der Waals surface area (Å²) in [6.07, 6.45) is 2.00. The Morgan fingerprint density at radius 3 is 2.31 bits per heavy atom. The first kappa shape index (κ1) is 15.1. The number of nitrogens with zero attached hydrogens (tertiary/aromatic N) is 2. The molecule has 3 aromatic heterocycles. The van der Waals surface area contributed by atoms with Crippen molar-refractivity contribution >= 4 is 33.5 Å². The number of fused-ring (bicyclic) bond motifs is 2. The SMILES string of the molecule is Clc1ccc(-c2ccc3ccc(-c4c[nH]c5ccccc45)nc3n2)cc1. The molecule has 0 fully saturated rings. The van der Waals surface area contributed by atoms with E-state index in [1.54, 1.807) is 0 Å². The number of para-hydroxylation sites is 1. The Morgan fingerprint density at radius 1 is 0.731 bits per heavy atom. The number of hydrogen-bond acceptors (Lipinski definition) is 2. The van der Waals surface area contributed by atoms with Crippen molar-refractivity contribution in [3.8, 4) is 22.5 Å². The van der Waals surface area contributed by atoms with Gasteiger partial charge < -0.3 is 4.98 Å². The average molecular weight is 356 g/mol. The van der Waals surface area contributed by atoms with Crippen LogP contribution in [0.2, 0.25) is 5.02 Å². The fraction of sp³-hybridized carbons (Fsp3) is 0. The van der Waals surface area contributed by atoms with Gasteiger partial charge in [0.2, 0.25) is 0 Å². The van der Waals surface area contributed by atoms with Gasteiger partial charge in [-0.2, -0.15) is 0 Å². The monoisotopic (exact) mass is 355 g/mol. The molecule has 0 unspecified atom stereocenters. The Labute approximate surface area is 155 Å². The molecular weight excluding hydrogens is 342 g/mol. The van der Waals surface area contributed by atoms with Crippen LogP contribution in [0.5, 0.6) is 0 Å². The topological polar surface area (TPSA) is 41.6 Å². The number of aromatic nitrogens is 3. The molecule has 0 radical (unpaired) electrons. The minimum absolute atomic E-state index is 0.717. The maximum atomic E-state index is 5.98. The van der Waals surface area contributed by atoms with Crippen LogP contribution in [0.4, 0.5) is 0 Å². The summed E-state index contributed by atoms with van der Waals surface area (Å²) in [6.45, 7) is 0. The predicted molar refractivity (Wildman–Crippen MR) is 107 cm³/mol. The second-order valence-corrected chi connectivity index (χ2v) is 6.63. The highest BCUT2D eigenvalue weighted by molar-refractivity contribution is 6.30. The molecule has 2 aromatic carbocycles. The molecule has 0 aliphatic carbocycles. The van der Waals surface area contributed by atoms with Crippen LogP contribution in [0.1, 0.15) is 0 Å². The fourth-order valence-electron chi connectivity index (χ4n) is 3.21. The van der Waals surface area contributed by atoms with E-state index in [-0.39, 0.29) is 0 Å². The number of aromatic amines is 1. The van der Waals surface area contributed by atoms with E-state index in [1.165, 1.54) is 0 Å². The average Bonchev–Trinajstić information content (AvgIpc) is 3.12. The molecule has 0 spiro atoms. The number of nitrogens with one attached hydrogen (secondary N) is 1. The van der Waals surface area contributed by atoms with Crippen LogP contribution >= 0.6 is 11.6 Å². The molecule has 0 aliphatic heterocycles. The number of halogens is 1. The zero-order chi connectivity index (χ0) is 17.5. The van der Waals surface area contributed by atoms with Crippen LogP contribution < -0.4 is 0 Å². The molecule has 4 heteroatoms. The Kier molecular flexibility index (Phi) is 3.47. The van der Waals surface area contributed by atoms with Gasteiger partial charge in [-0.1, -0.05) is 41.9 Å². The van der Waals surface area contributed by atoms with Crippen LogP contribution in [-0.2, 0) is 0 Å². The smallest absolute Gasteiger partial charge is 0.160 e. The number of benzene rings is 2. The minimum Gasteiger partial charge on any atom is -0.360 e. The summed E-state index contributed by atoms with van der Waals surface area (Å²) in [5.74, 6) is 0. The highest BCUT2D eigenvalue weighted by Gasteiger charge is 2.09. The molecule has 5 rings (SSSR count). The van der Waals surface area contributed by atoms with Gasteiger partial charge in [-0.15, -0.1) is 0 Å². The van der Waals surface area contributed by atoms with Gasteiger partial charge >= 0.3 is 0 Å². The molecule has 0 atom stereocenters. The molecule has 0 aliphatic rings. The molecule has 26 heavy (non-hydrogen) atoms. The van der Waals surface area contributed by atoms with E-state index in [0.29, 0.717) is 5.02 Å². The van der Waals surface area contributed by atoms with Gasteiger partial charge in [-0.3, -0.25) is 0 Å². The number of H-pyrrole nitrogens is 1. The van der Waals surface area contributed by atoms with Crippen molar-refractivity contribution in [1.82, 2.24) is 15.0 Å². The number of rotatable bonds is 2. The zero-order valence-electron chi connectivity index (χ0n) is 13.8. The first-order chi connectivity index (χ1) is 12.8. The highest BCUT2D eigenvalue weighted by atomic mass is 35.5. The van der Waals surface area contributed by atoms with Crippen LogP contribution in [-0.4, -0.2) is 15.0 Å². The van der Waals surface area contributed by atoms with E-state index < -0.39 is 0 Å². The third-order valence-electron chi connectivity index (χ3n) is 4.56. The summed E-state index contributed by atoms with van der Waals surface area (Å²) in [6, 6.07) is 24.1. The number of pyridine rings is 2. The summed E-state index contributed by atoms with van der Waals surface area (Å²) in [5.41, 5.74) is 5.75. The quantitative estimate of drug-likeness (QED) is 0.415. The number of hydrogen-bond donors (Lipinski definition) is 1. The van der Waals surface area contributed by atoms with E-state index in [4.69, 9.17) is 21.6 Å². The van der Waals surface area contributed by atoms with E-state index >= 15 is 0 Å². The van der Waals surface area contributed by atoms with Crippen molar-refractivity contribution in [3.63, 3.8) is 0 Å². The van der Waals surface area contributed by atoms with Crippen molar-refractivity contribution in [2.45, 2.75) is 0 Å². The third kappa shape index (κ3) is 2.54. The first-order valence-electron chi connectivity index (χ1n) is 8.38. The van der Waals surface area contributed by atoms with Crippen molar-refractivity contribution < 1.29 is 0 Å². The van der Waals surface area contributed by atoms with Gasteiger partial charge in [0.15, 0.2) is 5.65 Å². The largest absolute Gasteiger partial charge is 0.360 e. The lowest BCUT2D eigenvalue weighted by Crippen LogP contribution is -1.90. The standard InChI is InChI=1S/C22H14ClN3/c23-16-9-5-14(6-10-16)19-11-7-15-8-12-21(26-22(15)25-19)18-13-24-20-4-2-1-3-17(18)20/h1-13,24H. The van der Waals surface area contributed by atoms with Gasteiger partial charge in [0, 0.05) is 38.6 Å². The van der Waals surface area contributed by atoms with Crippen molar-refractivity contribution in [1.29, 1.82) is 0 Å². The Morgan fingerprint density at radius 2 is 1.46 bits per heavy atom. The van der Waals surface area contributed by atoms with Crippen molar-refractivity contribution in [2.24, 2.45) is 0 Å². The first-order valence-corrected chi connectivity index (χ1v) is 8.76. The molecule has 1 N–H and O–H groups in total. The molecule has 5 aromatic rings.